The van der Waals surface area contributed by atoms with Crippen LogP contribution in [0.15, 0.2) is 40.7 Å². The Labute approximate surface area is 156 Å². The Morgan fingerprint density at radius 2 is 1.85 bits per heavy atom. The van der Waals surface area contributed by atoms with Crippen molar-refractivity contribution in [3.8, 4) is 0 Å². The Morgan fingerprint density at radius 3 is 2.50 bits per heavy atom. The molecule has 1 unspecified atom stereocenters. The summed E-state index contributed by atoms with van der Waals surface area (Å²) in [4.78, 5) is 20.8. The molecule has 0 aliphatic carbocycles. The summed E-state index contributed by atoms with van der Waals surface area (Å²) in [7, 11) is -3.67. The number of rotatable bonds is 5. The Hall–Kier alpha value is -1.97. The molecule has 0 spiro atoms. The highest BCUT2D eigenvalue weighted by molar-refractivity contribution is 7.93. The van der Waals surface area contributed by atoms with Gasteiger partial charge in [0.1, 0.15) is 0 Å². The average molecular weight is 393 g/mol. The number of thiazole rings is 1. The molecule has 2 aliphatic rings. The number of anilines is 2. The molecule has 1 aromatic carbocycles. The molecule has 2 aromatic rings. The quantitative estimate of drug-likeness (QED) is 0.843. The monoisotopic (exact) mass is 392 g/mol. The van der Waals surface area contributed by atoms with Crippen LogP contribution in [-0.2, 0) is 14.8 Å². The van der Waals surface area contributed by atoms with Gasteiger partial charge >= 0.3 is 0 Å². The van der Waals surface area contributed by atoms with E-state index >= 15 is 0 Å². The number of amides is 1. The van der Waals surface area contributed by atoms with Crippen molar-refractivity contribution in [1.82, 2.24) is 9.88 Å². The van der Waals surface area contributed by atoms with Crippen LogP contribution in [0.5, 0.6) is 0 Å². The Morgan fingerprint density at radius 1 is 1.12 bits per heavy atom. The van der Waals surface area contributed by atoms with E-state index in [0.29, 0.717) is 11.7 Å². The third-order valence-corrected chi connectivity index (χ3v) is 7.04. The van der Waals surface area contributed by atoms with Gasteiger partial charge in [0.05, 0.1) is 10.9 Å². The van der Waals surface area contributed by atoms with Gasteiger partial charge in [-0.2, -0.15) is 0 Å². The number of carbonyl (C=O) groups is 1. The summed E-state index contributed by atoms with van der Waals surface area (Å²) in [6.45, 7) is 2.65. The van der Waals surface area contributed by atoms with Crippen LogP contribution >= 0.6 is 11.3 Å². The highest BCUT2D eigenvalue weighted by Crippen LogP contribution is 2.28. The highest BCUT2D eigenvalue weighted by Gasteiger charge is 2.37. The SMILES string of the molecule is O=C1C(N2CCCC2)CCN1c1ccc(S(=O)(=O)Nc2nccs2)cc1. The molecule has 1 aromatic heterocycles. The largest absolute Gasteiger partial charge is 0.311 e. The van der Waals surface area contributed by atoms with Gasteiger partial charge in [-0.15, -0.1) is 11.3 Å². The van der Waals surface area contributed by atoms with E-state index in [1.807, 2.05) is 0 Å². The predicted octanol–water partition coefficient (Wildman–Crippen LogP) is 2.15. The molecule has 138 valence electrons. The first-order valence-corrected chi connectivity index (χ1v) is 11.0. The van der Waals surface area contributed by atoms with Gasteiger partial charge in [0.15, 0.2) is 5.13 Å². The number of hydrogen-bond donors (Lipinski definition) is 1. The number of carbonyl (C=O) groups excluding carboxylic acids is 1. The first kappa shape index (κ1) is 17.4. The van der Waals surface area contributed by atoms with Crippen LogP contribution in [0.2, 0.25) is 0 Å². The van der Waals surface area contributed by atoms with Crippen molar-refractivity contribution >= 4 is 38.1 Å². The summed E-state index contributed by atoms with van der Waals surface area (Å²) in [6, 6.07) is 6.41. The van der Waals surface area contributed by atoms with Crippen molar-refractivity contribution in [3.05, 3.63) is 35.8 Å². The van der Waals surface area contributed by atoms with E-state index in [2.05, 4.69) is 14.6 Å². The van der Waals surface area contributed by atoms with E-state index in [4.69, 9.17) is 0 Å². The van der Waals surface area contributed by atoms with Crippen LogP contribution < -0.4 is 9.62 Å². The Bertz CT molecular complexity index is 875. The third kappa shape index (κ3) is 3.34. The molecule has 2 saturated heterocycles. The summed E-state index contributed by atoms with van der Waals surface area (Å²) in [5, 5.41) is 2.04. The minimum atomic E-state index is -3.67. The van der Waals surface area contributed by atoms with Crippen LogP contribution in [-0.4, -0.2) is 49.9 Å². The lowest BCUT2D eigenvalue weighted by atomic mass is 10.2. The molecule has 9 heteroatoms. The number of sulfonamides is 1. The predicted molar refractivity (Wildman–Crippen MR) is 101 cm³/mol. The zero-order chi connectivity index (χ0) is 18.1. The minimum Gasteiger partial charge on any atom is -0.311 e. The Kier molecular flexibility index (Phi) is 4.68. The number of hydrogen-bond acceptors (Lipinski definition) is 6. The fourth-order valence-electron chi connectivity index (χ4n) is 3.57. The minimum absolute atomic E-state index is 0.0347. The van der Waals surface area contributed by atoms with Gasteiger partial charge in [0.25, 0.3) is 10.0 Å². The standard InChI is InChI=1S/C17H20N4O3S2/c22-16-15(20-9-1-2-10-20)7-11-21(16)13-3-5-14(6-4-13)26(23,24)19-17-18-8-12-25-17/h3-6,8,12,15H,1-2,7,9-11H2,(H,18,19). The smallest absolute Gasteiger partial charge is 0.263 e. The summed E-state index contributed by atoms with van der Waals surface area (Å²) in [6.07, 6.45) is 4.68. The van der Waals surface area contributed by atoms with E-state index in [0.717, 1.165) is 38.0 Å². The molecular formula is C17H20N4O3S2. The molecule has 0 radical (unpaired) electrons. The number of benzene rings is 1. The van der Waals surface area contributed by atoms with Crippen LogP contribution in [0.3, 0.4) is 0 Å². The summed E-state index contributed by atoms with van der Waals surface area (Å²) in [5.74, 6) is 0.114. The van der Waals surface area contributed by atoms with Gasteiger partial charge in [-0.3, -0.25) is 14.4 Å². The summed E-state index contributed by atoms with van der Waals surface area (Å²) in [5.41, 5.74) is 0.741. The normalized spacial score (nSPS) is 21.5. The van der Waals surface area contributed by atoms with E-state index in [1.54, 1.807) is 28.6 Å². The van der Waals surface area contributed by atoms with Crippen molar-refractivity contribution in [2.45, 2.75) is 30.2 Å². The summed E-state index contributed by atoms with van der Waals surface area (Å²) < 4.78 is 27.2. The van der Waals surface area contributed by atoms with E-state index < -0.39 is 10.0 Å². The lowest BCUT2D eigenvalue weighted by Gasteiger charge is -2.22. The molecule has 3 heterocycles. The molecular weight excluding hydrogens is 372 g/mol. The maximum atomic E-state index is 12.7. The molecule has 26 heavy (non-hydrogen) atoms. The second kappa shape index (κ2) is 6.98. The maximum Gasteiger partial charge on any atom is 0.263 e. The van der Waals surface area contributed by atoms with Crippen LogP contribution in [0.25, 0.3) is 0 Å². The first-order valence-electron chi connectivity index (χ1n) is 8.62. The number of nitrogens with zero attached hydrogens (tertiary/aromatic N) is 3. The fraction of sp³-hybridized carbons (Fsp3) is 0.412. The van der Waals surface area contributed by atoms with Gasteiger partial charge in [0, 0.05) is 23.8 Å². The molecule has 1 N–H and O–H groups in total. The van der Waals surface area contributed by atoms with Gasteiger partial charge in [-0.05, 0) is 56.6 Å². The highest BCUT2D eigenvalue weighted by atomic mass is 32.2. The van der Waals surface area contributed by atoms with E-state index in [1.165, 1.54) is 23.5 Å². The lowest BCUT2D eigenvalue weighted by Crippen LogP contribution is -2.40. The number of nitrogens with one attached hydrogen (secondary N) is 1. The second-order valence-electron chi connectivity index (χ2n) is 6.47. The van der Waals surface area contributed by atoms with Crippen LogP contribution in [0, 0.1) is 0 Å². The average Bonchev–Trinajstić information content (AvgIpc) is 3.36. The van der Waals surface area contributed by atoms with Gasteiger partial charge in [-0.25, -0.2) is 13.4 Å². The van der Waals surface area contributed by atoms with Crippen molar-refractivity contribution < 1.29 is 13.2 Å². The molecule has 2 fully saturated rings. The topological polar surface area (TPSA) is 82.6 Å². The molecule has 2 aliphatic heterocycles. The molecule has 0 saturated carbocycles. The fourth-order valence-corrected chi connectivity index (χ4v) is 5.35. The molecule has 0 bridgehead atoms. The van der Waals surface area contributed by atoms with Crippen molar-refractivity contribution in [1.29, 1.82) is 0 Å². The Balaban J connectivity index is 1.48. The van der Waals surface area contributed by atoms with Gasteiger partial charge < -0.3 is 4.90 Å². The third-order valence-electron chi connectivity index (χ3n) is 4.87. The second-order valence-corrected chi connectivity index (χ2v) is 9.05. The molecule has 1 amide bonds. The van der Waals surface area contributed by atoms with Crippen LogP contribution in [0.1, 0.15) is 19.3 Å². The van der Waals surface area contributed by atoms with Gasteiger partial charge in [-0.1, -0.05) is 0 Å². The first-order chi connectivity index (χ1) is 12.5. The van der Waals surface area contributed by atoms with Gasteiger partial charge in [0.2, 0.25) is 5.91 Å². The van der Waals surface area contributed by atoms with Crippen molar-refractivity contribution in [2.24, 2.45) is 0 Å². The van der Waals surface area contributed by atoms with Crippen LogP contribution in [0.4, 0.5) is 10.8 Å². The number of likely N-dealkylation sites (tertiary alicyclic amines) is 1. The number of aromatic nitrogens is 1. The zero-order valence-corrected chi connectivity index (χ0v) is 15.8. The lowest BCUT2D eigenvalue weighted by molar-refractivity contribution is -0.121. The maximum absolute atomic E-state index is 12.7. The zero-order valence-electron chi connectivity index (χ0n) is 14.2. The molecule has 4 rings (SSSR count). The molecule has 1 atom stereocenters. The van der Waals surface area contributed by atoms with Crippen molar-refractivity contribution in [2.75, 3.05) is 29.3 Å². The molecule has 7 nitrogen and oxygen atoms in total. The summed E-state index contributed by atoms with van der Waals surface area (Å²) >= 11 is 1.22. The van der Waals surface area contributed by atoms with Crippen molar-refractivity contribution in [3.63, 3.8) is 0 Å². The van der Waals surface area contributed by atoms with E-state index in [9.17, 15) is 13.2 Å². The van der Waals surface area contributed by atoms with E-state index in [-0.39, 0.29) is 16.8 Å².